The molecule has 4 rings (SSSR count). The lowest BCUT2D eigenvalue weighted by molar-refractivity contribution is -0.931. The summed E-state index contributed by atoms with van der Waals surface area (Å²) in [6, 6.07) is 14.1. The van der Waals surface area contributed by atoms with Crippen molar-refractivity contribution in [2.75, 3.05) is 20.8 Å². The molecule has 3 atom stereocenters. The molecule has 0 aliphatic carbocycles. The second-order valence-corrected chi connectivity index (χ2v) is 7.46. The van der Waals surface area contributed by atoms with Gasteiger partial charge in [-0.25, -0.2) is 0 Å². The SMILES string of the molecule is COc1ccc([C@H]2CCC[NH+]2[C@@H](C)C(=O)c2c[nH]c3ccccc23)c(OC)c1. The maximum atomic E-state index is 13.3. The van der Waals surface area contributed by atoms with Crippen LogP contribution in [0.15, 0.2) is 48.7 Å². The van der Waals surface area contributed by atoms with Gasteiger partial charge in [0.25, 0.3) is 0 Å². The van der Waals surface area contributed by atoms with Crippen LogP contribution in [0.2, 0.25) is 0 Å². The van der Waals surface area contributed by atoms with Crippen LogP contribution in [0.5, 0.6) is 11.5 Å². The topological polar surface area (TPSA) is 55.8 Å². The number of aromatic nitrogens is 1. The molecule has 0 spiro atoms. The third-order valence-corrected chi connectivity index (χ3v) is 6.03. The van der Waals surface area contributed by atoms with Gasteiger partial charge in [0.1, 0.15) is 23.6 Å². The first-order chi connectivity index (χ1) is 13.6. The summed E-state index contributed by atoms with van der Waals surface area (Å²) in [6.07, 6.45) is 3.99. The molecule has 5 heteroatoms. The Kier molecular flexibility index (Phi) is 5.09. The zero-order valence-corrected chi connectivity index (χ0v) is 16.6. The Morgan fingerprint density at radius 3 is 2.79 bits per heavy atom. The van der Waals surface area contributed by atoms with Crippen LogP contribution in [0.1, 0.15) is 41.7 Å². The molecule has 1 unspecified atom stereocenters. The van der Waals surface area contributed by atoms with E-state index in [1.54, 1.807) is 14.2 Å². The third kappa shape index (κ3) is 3.16. The van der Waals surface area contributed by atoms with E-state index in [2.05, 4.69) is 11.1 Å². The van der Waals surface area contributed by atoms with Gasteiger partial charge in [0, 0.05) is 41.6 Å². The number of ether oxygens (including phenoxy) is 2. The maximum absolute atomic E-state index is 13.3. The van der Waals surface area contributed by atoms with Crippen LogP contribution in [-0.2, 0) is 0 Å². The monoisotopic (exact) mass is 379 g/mol. The summed E-state index contributed by atoms with van der Waals surface area (Å²) >= 11 is 0. The number of para-hydroxylation sites is 1. The number of nitrogens with one attached hydrogen (secondary N) is 2. The third-order valence-electron chi connectivity index (χ3n) is 6.03. The summed E-state index contributed by atoms with van der Waals surface area (Å²) in [4.78, 5) is 17.9. The molecule has 0 radical (unpaired) electrons. The van der Waals surface area contributed by atoms with Gasteiger partial charge in [0.15, 0.2) is 0 Å². The fourth-order valence-electron chi connectivity index (χ4n) is 4.53. The van der Waals surface area contributed by atoms with Crippen LogP contribution in [0.25, 0.3) is 10.9 Å². The highest BCUT2D eigenvalue weighted by molar-refractivity contribution is 6.09. The predicted octanol–water partition coefficient (Wildman–Crippen LogP) is 3.18. The minimum Gasteiger partial charge on any atom is -0.497 e. The molecule has 0 bridgehead atoms. The number of rotatable bonds is 6. The highest BCUT2D eigenvalue weighted by Gasteiger charge is 2.39. The molecule has 1 aromatic heterocycles. The van der Waals surface area contributed by atoms with E-state index in [1.165, 1.54) is 4.90 Å². The molecule has 2 aromatic carbocycles. The number of ketones is 1. The van der Waals surface area contributed by atoms with Crippen LogP contribution < -0.4 is 14.4 Å². The van der Waals surface area contributed by atoms with Crippen LogP contribution in [0.3, 0.4) is 0 Å². The zero-order chi connectivity index (χ0) is 19.7. The molecule has 3 aromatic rings. The summed E-state index contributed by atoms with van der Waals surface area (Å²) in [5.41, 5.74) is 2.93. The number of H-pyrrole nitrogens is 1. The number of aromatic amines is 1. The van der Waals surface area contributed by atoms with Crippen molar-refractivity contribution in [1.82, 2.24) is 4.98 Å². The first-order valence-corrected chi connectivity index (χ1v) is 9.82. The van der Waals surface area contributed by atoms with Crippen molar-refractivity contribution in [2.45, 2.75) is 31.8 Å². The van der Waals surface area contributed by atoms with Crippen LogP contribution >= 0.6 is 0 Å². The molecule has 2 heterocycles. The summed E-state index contributed by atoms with van der Waals surface area (Å²) in [5, 5.41) is 0.997. The van der Waals surface area contributed by atoms with Gasteiger partial charge >= 0.3 is 0 Å². The van der Waals surface area contributed by atoms with E-state index in [-0.39, 0.29) is 17.9 Å². The lowest BCUT2D eigenvalue weighted by Crippen LogP contribution is -3.14. The van der Waals surface area contributed by atoms with Crippen molar-refractivity contribution >= 4 is 16.7 Å². The number of carbonyl (C=O) groups is 1. The van der Waals surface area contributed by atoms with Gasteiger partial charge in [0.05, 0.1) is 26.3 Å². The molecule has 1 aliphatic heterocycles. The smallest absolute Gasteiger partial charge is 0.221 e. The van der Waals surface area contributed by atoms with Gasteiger partial charge in [0.2, 0.25) is 5.78 Å². The van der Waals surface area contributed by atoms with Crippen LogP contribution in [0.4, 0.5) is 0 Å². The van der Waals surface area contributed by atoms with E-state index >= 15 is 0 Å². The highest BCUT2D eigenvalue weighted by atomic mass is 16.5. The van der Waals surface area contributed by atoms with Gasteiger partial charge < -0.3 is 19.4 Å². The minimum atomic E-state index is -0.126. The molecular weight excluding hydrogens is 352 g/mol. The molecule has 1 saturated heterocycles. The van der Waals surface area contributed by atoms with Gasteiger partial charge in [-0.1, -0.05) is 18.2 Å². The maximum Gasteiger partial charge on any atom is 0.221 e. The van der Waals surface area contributed by atoms with Crippen LogP contribution in [0, 0.1) is 0 Å². The van der Waals surface area contributed by atoms with Crippen LogP contribution in [-0.4, -0.2) is 37.6 Å². The Morgan fingerprint density at radius 1 is 1.18 bits per heavy atom. The summed E-state index contributed by atoms with van der Waals surface area (Å²) < 4.78 is 11.0. The molecule has 2 N–H and O–H groups in total. The van der Waals surface area contributed by atoms with Crippen molar-refractivity contribution in [3.8, 4) is 11.5 Å². The standard InChI is InChI=1S/C23H26N2O3/c1-15(23(26)19-14-24-20-8-5-4-7-17(19)20)25-12-6-9-21(25)18-11-10-16(27-2)13-22(18)28-3/h4-5,7-8,10-11,13-15,21,24H,6,9,12H2,1-3H3/p+1/t15-,21+/m0/s1. The van der Waals surface area contributed by atoms with Gasteiger partial charge in [-0.15, -0.1) is 0 Å². The molecular formula is C23H27N2O3+. The number of hydrogen-bond donors (Lipinski definition) is 2. The lowest BCUT2D eigenvalue weighted by Gasteiger charge is -2.28. The molecule has 146 valence electrons. The fourth-order valence-corrected chi connectivity index (χ4v) is 4.53. The van der Waals surface area contributed by atoms with Gasteiger partial charge in [-0.05, 0) is 25.1 Å². The quantitative estimate of drug-likeness (QED) is 0.647. The summed E-state index contributed by atoms with van der Waals surface area (Å²) in [7, 11) is 3.34. The van der Waals surface area contributed by atoms with E-state index in [0.717, 1.165) is 52.9 Å². The second-order valence-electron chi connectivity index (χ2n) is 7.46. The number of carbonyl (C=O) groups excluding carboxylic acids is 1. The number of hydrogen-bond acceptors (Lipinski definition) is 3. The van der Waals surface area contributed by atoms with Crippen molar-refractivity contribution < 1.29 is 19.2 Å². The molecule has 28 heavy (non-hydrogen) atoms. The number of quaternary nitrogens is 1. The fraction of sp³-hybridized carbons (Fsp3) is 0.348. The Morgan fingerprint density at radius 2 is 2.00 bits per heavy atom. The highest BCUT2D eigenvalue weighted by Crippen LogP contribution is 2.32. The van der Waals surface area contributed by atoms with Gasteiger partial charge in [-0.2, -0.15) is 0 Å². The minimum absolute atomic E-state index is 0.126. The summed E-state index contributed by atoms with van der Waals surface area (Å²) in [6.45, 7) is 3.03. The Bertz CT molecular complexity index is 994. The van der Waals surface area contributed by atoms with Crippen molar-refractivity contribution in [3.63, 3.8) is 0 Å². The lowest BCUT2D eigenvalue weighted by atomic mass is 9.99. The average Bonchev–Trinajstić information content (AvgIpc) is 3.39. The normalized spacial score (nSPS) is 20.2. The predicted molar refractivity (Wildman–Crippen MR) is 109 cm³/mol. The first kappa shape index (κ1) is 18.6. The Labute approximate surface area is 165 Å². The second kappa shape index (κ2) is 7.68. The Balaban J connectivity index is 1.64. The molecule has 1 aliphatic rings. The number of methoxy groups -OCH3 is 2. The molecule has 5 nitrogen and oxygen atoms in total. The van der Waals surface area contributed by atoms with E-state index in [0.29, 0.717) is 0 Å². The van der Waals surface area contributed by atoms with E-state index in [4.69, 9.17) is 9.47 Å². The molecule has 1 fully saturated rings. The average molecular weight is 379 g/mol. The van der Waals surface area contributed by atoms with Gasteiger partial charge in [-0.3, -0.25) is 4.79 Å². The number of likely N-dealkylation sites (tertiary alicyclic amines) is 1. The van der Waals surface area contributed by atoms with Crippen molar-refractivity contribution in [1.29, 1.82) is 0 Å². The summed E-state index contributed by atoms with van der Waals surface area (Å²) in [5.74, 6) is 1.80. The Hall–Kier alpha value is -2.79. The first-order valence-electron chi connectivity index (χ1n) is 9.82. The number of Topliss-reactive ketones (excluding diaryl/α,β-unsaturated/α-hetero) is 1. The van der Waals surface area contributed by atoms with E-state index in [9.17, 15) is 4.79 Å². The van der Waals surface area contributed by atoms with Crippen molar-refractivity contribution in [2.24, 2.45) is 0 Å². The van der Waals surface area contributed by atoms with E-state index in [1.807, 2.05) is 49.5 Å². The number of benzene rings is 2. The molecule has 0 amide bonds. The largest absolute Gasteiger partial charge is 0.497 e. The molecule has 0 saturated carbocycles. The zero-order valence-electron chi connectivity index (χ0n) is 16.6. The van der Waals surface area contributed by atoms with E-state index < -0.39 is 0 Å². The number of fused-ring (bicyclic) bond motifs is 1. The van der Waals surface area contributed by atoms with Crippen molar-refractivity contribution in [3.05, 3.63) is 59.8 Å².